The lowest BCUT2D eigenvalue weighted by Crippen LogP contribution is -2.26. The van der Waals surface area contributed by atoms with Crippen molar-refractivity contribution in [1.82, 2.24) is 9.88 Å². The van der Waals surface area contributed by atoms with Crippen LogP contribution < -0.4 is 5.32 Å². The molecule has 0 aliphatic carbocycles. The van der Waals surface area contributed by atoms with Gasteiger partial charge in [0.2, 0.25) is 11.8 Å². The number of rotatable bonds is 6. The molecule has 1 aromatic heterocycles. The van der Waals surface area contributed by atoms with Gasteiger partial charge in [-0.3, -0.25) is 19.3 Å². The third kappa shape index (κ3) is 4.96. The number of likely N-dealkylation sites (tertiary alicyclic amines) is 1. The number of hydrogen-bond acceptors (Lipinski definition) is 7. The van der Waals surface area contributed by atoms with E-state index in [1.165, 1.54) is 49.6 Å². The lowest BCUT2D eigenvalue weighted by molar-refractivity contribution is -0.136. The molecule has 29 heavy (non-hydrogen) atoms. The van der Waals surface area contributed by atoms with Crippen LogP contribution in [0.25, 0.3) is 0 Å². The molecular formula is C19H16FN3O5S. The van der Waals surface area contributed by atoms with Gasteiger partial charge in [-0.25, -0.2) is 14.2 Å². The molecule has 2 aromatic rings. The smallest absolute Gasteiger partial charge is 0.341 e. The van der Waals surface area contributed by atoms with Gasteiger partial charge in [0.15, 0.2) is 6.61 Å². The molecule has 2 heterocycles. The highest BCUT2D eigenvalue weighted by atomic mass is 32.2. The van der Waals surface area contributed by atoms with Gasteiger partial charge in [-0.05, 0) is 36.4 Å². The van der Waals surface area contributed by atoms with Crippen molar-refractivity contribution in [2.24, 2.45) is 0 Å². The molecular weight excluding hydrogens is 401 g/mol. The van der Waals surface area contributed by atoms with Gasteiger partial charge in [-0.1, -0.05) is 11.8 Å². The largest absolute Gasteiger partial charge is 0.452 e. The predicted octanol–water partition coefficient (Wildman–Crippen LogP) is 1.87. The van der Waals surface area contributed by atoms with Crippen molar-refractivity contribution in [2.75, 3.05) is 19.0 Å². The maximum atomic E-state index is 12.9. The molecule has 1 aliphatic heterocycles. The number of esters is 1. The monoisotopic (exact) mass is 417 g/mol. The number of carbonyl (C=O) groups is 4. The van der Waals surface area contributed by atoms with Crippen LogP contribution in [-0.2, 0) is 19.1 Å². The maximum absolute atomic E-state index is 12.9. The number of ether oxygens (including phenoxy) is 1. The lowest BCUT2D eigenvalue weighted by Gasteiger charge is -2.11. The number of pyridine rings is 1. The van der Waals surface area contributed by atoms with Gasteiger partial charge in [0.05, 0.1) is 10.8 Å². The Morgan fingerprint density at radius 3 is 2.66 bits per heavy atom. The molecule has 0 saturated carbocycles. The van der Waals surface area contributed by atoms with Crippen molar-refractivity contribution in [3.8, 4) is 0 Å². The molecule has 3 rings (SSSR count). The summed E-state index contributed by atoms with van der Waals surface area (Å²) in [5.74, 6) is -2.49. The fourth-order valence-electron chi connectivity index (χ4n) is 2.53. The number of halogens is 1. The molecule has 1 aliphatic rings. The van der Waals surface area contributed by atoms with Crippen LogP contribution in [0.1, 0.15) is 16.8 Å². The first-order valence-electron chi connectivity index (χ1n) is 8.50. The van der Waals surface area contributed by atoms with Crippen LogP contribution in [-0.4, -0.2) is 52.5 Å². The summed E-state index contributed by atoms with van der Waals surface area (Å²) in [5, 5.41) is 2.04. The second kappa shape index (κ2) is 8.82. The van der Waals surface area contributed by atoms with Crippen molar-refractivity contribution in [2.45, 2.75) is 16.7 Å². The second-order valence-electron chi connectivity index (χ2n) is 6.09. The van der Waals surface area contributed by atoms with Gasteiger partial charge in [-0.2, -0.15) is 0 Å². The highest BCUT2D eigenvalue weighted by Crippen LogP contribution is 2.31. The van der Waals surface area contributed by atoms with E-state index in [1.54, 1.807) is 0 Å². The summed E-state index contributed by atoms with van der Waals surface area (Å²) in [6.45, 7) is -0.557. The van der Waals surface area contributed by atoms with E-state index in [9.17, 15) is 23.6 Å². The van der Waals surface area contributed by atoms with Crippen LogP contribution in [0.2, 0.25) is 0 Å². The summed E-state index contributed by atoms with van der Waals surface area (Å²) in [5.41, 5.74) is 0.445. The van der Waals surface area contributed by atoms with Crippen LogP contribution in [0.5, 0.6) is 0 Å². The number of carbonyl (C=O) groups excluding carboxylic acids is 4. The van der Waals surface area contributed by atoms with Gasteiger partial charge >= 0.3 is 5.97 Å². The fraction of sp³-hybridized carbons (Fsp3) is 0.211. The molecule has 10 heteroatoms. The number of nitrogens with one attached hydrogen (secondary N) is 1. The van der Waals surface area contributed by atoms with E-state index < -0.39 is 29.6 Å². The van der Waals surface area contributed by atoms with E-state index in [2.05, 4.69) is 10.3 Å². The minimum Gasteiger partial charge on any atom is -0.452 e. The molecule has 0 radical (unpaired) electrons. The van der Waals surface area contributed by atoms with Gasteiger partial charge in [0, 0.05) is 25.4 Å². The average molecular weight is 417 g/mol. The number of amides is 3. The summed E-state index contributed by atoms with van der Waals surface area (Å²) in [4.78, 5) is 53.2. The van der Waals surface area contributed by atoms with E-state index in [0.29, 0.717) is 5.69 Å². The number of nitrogens with zero attached hydrogens (tertiary/aromatic N) is 2. The quantitative estimate of drug-likeness (QED) is 0.565. The topological polar surface area (TPSA) is 106 Å². The summed E-state index contributed by atoms with van der Waals surface area (Å²) >= 11 is 1.000. The average Bonchev–Trinajstić information content (AvgIpc) is 2.95. The molecule has 1 atom stereocenters. The Morgan fingerprint density at radius 2 is 2.00 bits per heavy atom. The van der Waals surface area contributed by atoms with Crippen LogP contribution in [0.4, 0.5) is 10.1 Å². The lowest BCUT2D eigenvalue weighted by atomic mass is 10.3. The summed E-state index contributed by atoms with van der Waals surface area (Å²) in [6, 6.07) is 8.11. The minimum absolute atomic E-state index is 0.0190. The van der Waals surface area contributed by atoms with Crippen LogP contribution in [0.3, 0.4) is 0 Å². The van der Waals surface area contributed by atoms with Crippen molar-refractivity contribution < 1.29 is 28.3 Å². The van der Waals surface area contributed by atoms with Crippen LogP contribution >= 0.6 is 11.8 Å². The van der Waals surface area contributed by atoms with Gasteiger partial charge in [0.1, 0.15) is 10.8 Å². The number of hydrogen-bond donors (Lipinski definition) is 1. The van der Waals surface area contributed by atoms with Gasteiger partial charge < -0.3 is 10.1 Å². The number of benzene rings is 1. The Hall–Kier alpha value is -3.27. The molecule has 0 bridgehead atoms. The van der Waals surface area contributed by atoms with E-state index in [1.807, 2.05) is 0 Å². The molecule has 1 fully saturated rings. The van der Waals surface area contributed by atoms with Crippen molar-refractivity contribution in [3.63, 3.8) is 0 Å². The highest BCUT2D eigenvalue weighted by molar-refractivity contribution is 8.00. The zero-order chi connectivity index (χ0) is 21.0. The van der Waals surface area contributed by atoms with E-state index in [0.717, 1.165) is 16.7 Å². The maximum Gasteiger partial charge on any atom is 0.341 e. The zero-order valence-electron chi connectivity index (χ0n) is 15.3. The second-order valence-corrected chi connectivity index (χ2v) is 7.28. The molecule has 3 amide bonds. The van der Waals surface area contributed by atoms with Crippen LogP contribution in [0, 0.1) is 5.82 Å². The highest BCUT2D eigenvalue weighted by Gasteiger charge is 2.37. The fourth-order valence-corrected chi connectivity index (χ4v) is 3.68. The zero-order valence-corrected chi connectivity index (χ0v) is 16.1. The Kier molecular flexibility index (Phi) is 6.23. The molecule has 8 nitrogen and oxygen atoms in total. The third-order valence-corrected chi connectivity index (χ3v) is 5.25. The molecule has 150 valence electrons. The first-order chi connectivity index (χ1) is 13.8. The first-order valence-corrected chi connectivity index (χ1v) is 9.37. The number of anilines is 1. The van der Waals surface area contributed by atoms with Crippen molar-refractivity contribution >= 4 is 41.1 Å². The summed E-state index contributed by atoms with van der Waals surface area (Å²) in [6.07, 6.45) is 1.47. The van der Waals surface area contributed by atoms with Crippen molar-refractivity contribution in [1.29, 1.82) is 0 Å². The van der Waals surface area contributed by atoms with Crippen LogP contribution in [0.15, 0.2) is 47.6 Å². The number of thioether (sulfide) groups is 1. The molecule has 1 aromatic carbocycles. The van der Waals surface area contributed by atoms with E-state index >= 15 is 0 Å². The molecule has 1 saturated heterocycles. The predicted molar refractivity (Wildman–Crippen MR) is 102 cm³/mol. The first kappa shape index (κ1) is 20.5. The summed E-state index contributed by atoms with van der Waals surface area (Å²) < 4.78 is 17.9. The number of aromatic nitrogens is 1. The standard InChI is InChI=1S/C19H16FN3O5S/c1-23-16(25)9-14(18(23)26)29-17-13(3-2-8-21-17)19(27)28-10-15(24)22-12-6-4-11(20)5-7-12/h2-8,14H,9-10H2,1H3,(H,22,24). The molecule has 0 spiro atoms. The van der Waals surface area contributed by atoms with Crippen molar-refractivity contribution in [3.05, 3.63) is 54.0 Å². The normalized spacial score (nSPS) is 16.1. The van der Waals surface area contributed by atoms with Gasteiger partial charge in [0.25, 0.3) is 5.91 Å². The Labute approximate surface area is 169 Å². The SMILES string of the molecule is CN1C(=O)CC(Sc2ncccc2C(=O)OCC(=O)Nc2ccc(F)cc2)C1=O. The molecule has 1 N–H and O–H groups in total. The Morgan fingerprint density at radius 1 is 1.28 bits per heavy atom. The number of imide groups is 1. The minimum atomic E-state index is -0.792. The molecule has 1 unspecified atom stereocenters. The van der Waals surface area contributed by atoms with E-state index in [4.69, 9.17) is 4.74 Å². The Bertz CT molecular complexity index is 967. The summed E-state index contributed by atoms with van der Waals surface area (Å²) in [7, 11) is 1.40. The third-order valence-electron chi connectivity index (χ3n) is 4.05. The van der Waals surface area contributed by atoms with Gasteiger partial charge in [-0.15, -0.1) is 0 Å². The Balaban J connectivity index is 1.61. The van der Waals surface area contributed by atoms with E-state index in [-0.39, 0.29) is 28.8 Å².